The van der Waals surface area contributed by atoms with Gasteiger partial charge in [0.25, 0.3) is 0 Å². The maximum atomic E-state index is 5.25. The van der Waals surface area contributed by atoms with Gasteiger partial charge in [-0.3, -0.25) is 0 Å². The highest BCUT2D eigenvalue weighted by atomic mass is 32.1. The zero-order chi connectivity index (χ0) is 8.81. The first-order valence-corrected chi connectivity index (χ1v) is 5.25. The molecule has 1 aromatic heterocycles. The highest BCUT2D eigenvalue weighted by Crippen LogP contribution is 2.10. The number of thiazole rings is 1. The molecular weight excluding hydrogens is 170 g/mol. The molecule has 1 heterocycles. The Balaban J connectivity index is 2.31. The Bertz CT molecular complexity index is 222. The van der Waals surface area contributed by atoms with Gasteiger partial charge in [-0.1, -0.05) is 6.92 Å². The highest BCUT2D eigenvalue weighted by molar-refractivity contribution is 7.09. The van der Waals surface area contributed by atoms with Crippen molar-refractivity contribution in [3.05, 3.63) is 16.1 Å². The van der Waals surface area contributed by atoms with Crippen molar-refractivity contribution in [1.29, 1.82) is 0 Å². The van der Waals surface area contributed by atoms with Gasteiger partial charge in [-0.25, -0.2) is 4.98 Å². The number of nitrogens with zero attached hydrogens (tertiary/aromatic N) is 1. The van der Waals surface area contributed by atoms with Crippen molar-refractivity contribution in [3.63, 3.8) is 0 Å². The first-order valence-electron chi connectivity index (χ1n) is 4.37. The van der Waals surface area contributed by atoms with E-state index in [0.717, 1.165) is 26.1 Å². The molecule has 0 N–H and O–H groups in total. The summed E-state index contributed by atoms with van der Waals surface area (Å²) in [5.74, 6) is 0. The number of hydrogen-bond donors (Lipinski definition) is 0. The van der Waals surface area contributed by atoms with E-state index in [-0.39, 0.29) is 0 Å². The summed E-state index contributed by atoms with van der Waals surface area (Å²) in [6.07, 6.45) is 1.99. The van der Waals surface area contributed by atoms with Gasteiger partial charge in [-0.05, 0) is 13.3 Å². The van der Waals surface area contributed by atoms with Crippen LogP contribution >= 0.6 is 11.3 Å². The Morgan fingerprint density at radius 3 is 2.92 bits per heavy atom. The van der Waals surface area contributed by atoms with Gasteiger partial charge in [0, 0.05) is 18.4 Å². The first kappa shape index (κ1) is 9.68. The van der Waals surface area contributed by atoms with E-state index in [2.05, 4.69) is 17.3 Å². The van der Waals surface area contributed by atoms with Crippen LogP contribution in [0.1, 0.15) is 24.5 Å². The van der Waals surface area contributed by atoms with Crippen molar-refractivity contribution in [2.45, 2.75) is 26.7 Å². The summed E-state index contributed by atoms with van der Waals surface area (Å²) in [7, 11) is 0. The predicted octanol–water partition coefficient (Wildman–Crippen LogP) is 2.28. The van der Waals surface area contributed by atoms with E-state index in [4.69, 9.17) is 4.74 Å². The van der Waals surface area contributed by atoms with Crippen molar-refractivity contribution >= 4 is 11.3 Å². The number of hydrogen-bond acceptors (Lipinski definition) is 3. The molecule has 0 amide bonds. The second-order valence-corrected chi connectivity index (χ2v) is 3.48. The quantitative estimate of drug-likeness (QED) is 0.657. The van der Waals surface area contributed by atoms with Gasteiger partial charge < -0.3 is 4.74 Å². The van der Waals surface area contributed by atoms with Crippen LogP contribution in [0.3, 0.4) is 0 Å². The summed E-state index contributed by atoms with van der Waals surface area (Å²) in [5, 5.41) is 3.32. The van der Waals surface area contributed by atoms with Crippen LogP contribution in [0.25, 0.3) is 0 Å². The van der Waals surface area contributed by atoms with Gasteiger partial charge in [0.15, 0.2) is 0 Å². The summed E-state index contributed by atoms with van der Waals surface area (Å²) >= 11 is 1.73. The van der Waals surface area contributed by atoms with Gasteiger partial charge >= 0.3 is 0 Å². The zero-order valence-corrected chi connectivity index (χ0v) is 8.49. The summed E-state index contributed by atoms with van der Waals surface area (Å²) in [5.41, 5.74) is 1.20. The SMILES string of the molecule is CCOCCc1nc(CC)cs1. The van der Waals surface area contributed by atoms with Crippen molar-refractivity contribution < 1.29 is 4.74 Å². The molecule has 0 fully saturated rings. The molecule has 0 saturated heterocycles. The normalized spacial score (nSPS) is 10.5. The van der Waals surface area contributed by atoms with Crippen LogP contribution in [0.5, 0.6) is 0 Å². The Morgan fingerprint density at radius 2 is 2.33 bits per heavy atom. The second-order valence-electron chi connectivity index (χ2n) is 2.53. The fourth-order valence-corrected chi connectivity index (χ4v) is 1.79. The second kappa shape index (κ2) is 5.27. The van der Waals surface area contributed by atoms with Crippen molar-refractivity contribution in [2.75, 3.05) is 13.2 Å². The van der Waals surface area contributed by atoms with Crippen LogP contribution in [-0.4, -0.2) is 18.2 Å². The molecule has 0 radical (unpaired) electrons. The summed E-state index contributed by atoms with van der Waals surface area (Å²) in [6, 6.07) is 0. The minimum absolute atomic E-state index is 0.798. The van der Waals surface area contributed by atoms with Gasteiger partial charge in [0.1, 0.15) is 0 Å². The van der Waals surface area contributed by atoms with E-state index in [1.807, 2.05) is 6.92 Å². The molecule has 0 aliphatic carbocycles. The van der Waals surface area contributed by atoms with E-state index in [0.29, 0.717) is 0 Å². The Hall–Kier alpha value is -0.410. The van der Waals surface area contributed by atoms with Crippen LogP contribution in [0.2, 0.25) is 0 Å². The van der Waals surface area contributed by atoms with Crippen LogP contribution in [0.4, 0.5) is 0 Å². The van der Waals surface area contributed by atoms with Crippen LogP contribution in [0, 0.1) is 0 Å². The van der Waals surface area contributed by atoms with Crippen LogP contribution in [-0.2, 0) is 17.6 Å². The molecule has 1 rings (SSSR count). The fraction of sp³-hybridized carbons (Fsp3) is 0.667. The Labute approximate surface area is 77.6 Å². The molecule has 0 aliphatic heterocycles. The molecule has 0 spiro atoms. The Morgan fingerprint density at radius 1 is 1.50 bits per heavy atom. The summed E-state index contributed by atoms with van der Waals surface area (Å²) < 4.78 is 5.25. The van der Waals surface area contributed by atoms with Gasteiger partial charge in [0.05, 0.1) is 17.3 Å². The monoisotopic (exact) mass is 185 g/mol. The van der Waals surface area contributed by atoms with Gasteiger partial charge in [0.2, 0.25) is 0 Å². The number of rotatable bonds is 5. The summed E-state index contributed by atoms with van der Waals surface area (Å²) in [6.45, 7) is 5.74. The third-order valence-corrected chi connectivity index (χ3v) is 2.58. The lowest BCUT2D eigenvalue weighted by Crippen LogP contribution is -1.97. The molecule has 12 heavy (non-hydrogen) atoms. The number of aryl methyl sites for hydroxylation is 1. The molecule has 0 unspecified atom stereocenters. The highest BCUT2D eigenvalue weighted by Gasteiger charge is 1.99. The van der Waals surface area contributed by atoms with Crippen LogP contribution < -0.4 is 0 Å². The van der Waals surface area contributed by atoms with E-state index < -0.39 is 0 Å². The minimum Gasteiger partial charge on any atom is -0.381 e. The van der Waals surface area contributed by atoms with Gasteiger partial charge in [-0.2, -0.15) is 0 Å². The lowest BCUT2D eigenvalue weighted by molar-refractivity contribution is 0.151. The maximum Gasteiger partial charge on any atom is 0.0951 e. The number of aromatic nitrogens is 1. The molecule has 3 heteroatoms. The standard InChI is InChI=1S/C9H15NOS/c1-3-8-7-12-9(10-8)5-6-11-4-2/h7H,3-6H2,1-2H3. The average molecular weight is 185 g/mol. The van der Waals surface area contributed by atoms with Crippen LogP contribution in [0.15, 0.2) is 5.38 Å². The smallest absolute Gasteiger partial charge is 0.0951 e. The Kier molecular flexibility index (Phi) is 4.25. The van der Waals surface area contributed by atoms with E-state index in [1.165, 1.54) is 10.7 Å². The third-order valence-electron chi connectivity index (χ3n) is 1.63. The van der Waals surface area contributed by atoms with Crippen molar-refractivity contribution in [3.8, 4) is 0 Å². The molecule has 0 bridgehead atoms. The molecular formula is C9H15NOS. The third kappa shape index (κ3) is 2.91. The molecule has 68 valence electrons. The lowest BCUT2D eigenvalue weighted by Gasteiger charge is -1.96. The molecule has 0 aliphatic rings. The first-order chi connectivity index (χ1) is 5.86. The summed E-state index contributed by atoms with van der Waals surface area (Å²) in [4.78, 5) is 4.44. The number of ether oxygens (including phenoxy) is 1. The maximum absolute atomic E-state index is 5.25. The van der Waals surface area contributed by atoms with E-state index in [1.54, 1.807) is 11.3 Å². The van der Waals surface area contributed by atoms with Gasteiger partial charge in [-0.15, -0.1) is 11.3 Å². The molecule has 0 aromatic carbocycles. The van der Waals surface area contributed by atoms with E-state index >= 15 is 0 Å². The van der Waals surface area contributed by atoms with E-state index in [9.17, 15) is 0 Å². The van der Waals surface area contributed by atoms with Crippen molar-refractivity contribution in [2.24, 2.45) is 0 Å². The zero-order valence-electron chi connectivity index (χ0n) is 7.67. The fourth-order valence-electron chi connectivity index (χ4n) is 0.930. The van der Waals surface area contributed by atoms with Crippen molar-refractivity contribution in [1.82, 2.24) is 4.98 Å². The molecule has 0 saturated carbocycles. The predicted molar refractivity (Wildman–Crippen MR) is 51.7 cm³/mol. The molecule has 2 nitrogen and oxygen atoms in total. The topological polar surface area (TPSA) is 22.1 Å². The minimum atomic E-state index is 0.798. The molecule has 1 aromatic rings. The molecule has 0 atom stereocenters. The average Bonchev–Trinajstić information content (AvgIpc) is 2.53. The largest absolute Gasteiger partial charge is 0.381 e. The lowest BCUT2D eigenvalue weighted by atomic mass is 10.4.